The van der Waals surface area contributed by atoms with Gasteiger partial charge in [-0.1, -0.05) is 19.1 Å². The summed E-state index contributed by atoms with van der Waals surface area (Å²) in [5.41, 5.74) is 1.11. The Labute approximate surface area is 167 Å². The SMILES string of the molecule is CCNC(=NCC1(c2ccc(F)cc2)CCOCC1)N1CCSC(CC)C1. The van der Waals surface area contributed by atoms with Crippen molar-refractivity contribution in [2.24, 2.45) is 4.99 Å². The number of hydrogen-bond donors (Lipinski definition) is 1. The molecule has 1 unspecified atom stereocenters. The van der Waals surface area contributed by atoms with Crippen molar-refractivity contribution in [3.05, 3.63) is 35.6 Å². The minimum atomic E-state index is -0.186. The van der Waals surface area contributed by atoms with Crippen molar-refractivity contribution in [2.75, 3.05) is 45.1 Å². The largest absolute Gasteiger partial charge is 0.381 e. The van der Waals surface area contributed by atoms with E-state index in [1.54, 1.807) is 12.1 Å². The average molecular weight is 394 g/mol. The number of hydrogen-bond acceptors (Lipinski definition) is 3. The topological polar surface area (TPSA) is 36.9 Å². The van der Waals surface area contributed by atoms with Gasteiger partial charge in [0.25, 0.3) is 0 Å². The van der Waals surface area contributed by atoms with E-state index in [1.165, 1.54) is 12.0 Å². The summed E-state index contributed by atoms with van der Waals surface area (Å²) in [7, 11) is 0. The zero-order chi connectivity index (χ0) is 19.1. The van der Waals surface area contributed by atoms with Gasteiger partial charge in [0.05, 0.1) is 6.54 Å². The Morgan fingerprint density at radius 2 is 2.04 bits per heavy atom. The van der Waals surface area contributed by atoms with Gasteiger partial charge in [-0.15, -0.1) is 0 Å². The molecule has 0 aliphatic carbocycles. The summed E-state index contributed by atoms with van der Waals surface area (Å²) >= 11 is 2.07. The number of guanidine groups is 1. The van der Waals surface area contributed by atoms with Crippen molar-refractivity contribution in [2.45, 2.75) is 43.8 Å². The molecular weight excluding hydrogens is 361 g/mol. The number of nitrogens with one attached hydrogen (secondary N) is 1. The summed E-state index contributed by atoms with van der Waals surface area (Å²) in [5, 5.41) is 4.17. The molecule has 1 atom stereocenters. The normalized spacial score (nSPS) is 23.3. The maximum atomic E-state index is 13.4. The molecule has 3 rings (SSSR count). The van der Waals surface area contributed by atoms with Crippen LogP contribution in [0.4, 0.5) is 4.39 Å². The molecule has 4 nitrogen and oxygen atoms in total. The van der Waals surface area contributed by atoms with E-state index >= 15 is 0 Å². The third-order valence-corrected chi connectivity index (χ3v) is 7.04. The Kier molecular flexibility index (Phi) is 7.41. The van der Waals surface area contributed by atoms with Crippen LogP contribution in [0.25, 0.3) is 0 Å². The lowest BCUT2D eigenvalue weighted by molar-refractivity contribution is 0.0530. The molecule has 150 valence electrons. The fraction of sp³-hybridized carbons (Fsp3) is 0.667. The highest BCUT2D eigenvalue weighted by Crippen LogP contribution is 2.35. The monoisotopic (exact) mass is 393 g/mol. The van der Waals surface area contributed by atoms with Crippen LogP contribution in [0.1, 0.15) is 38.7 Å². The van der Waals surface area contributed by atoms with Crippen molar-refractivity contribution in [1.82, 2.24) is 10.2 Å². The van der Waals surface area contributed by atoms with Crippen molar-refractivity contribution in [3.63, 3.8) is 0 Å². The van der Waals surface area contributed by atoms with Crippen LogP contribution in [0.5, 0.6) is 0 Å². The van der Waals surface area contributed by atoms with Crippen LogP contribution in [-0.4, -0.2) is 61.3 Å². The molecule has 0 amide bonds. The fourth-order valence-electron chi connectivity index (χ4n) is 3.91. The molecule has 0 radical (unpaired) electrons. The van der Waals surface area contributed by atoms with Crippen molar-refractivity contribution in [3.8, 4) is 0 Å². The first-order valence-corrected chi connectivity index (χ1v) is 11.2. The molecule has 1 aromatic rings. The summed E-state index contributed by atoms with van der Waals surface area (Å²) < 4.78 is 19.1. The number of benzene rings is 1. The molecule has 2 saturated heterocycles. The Bertz CT molecular complexity index is 616. The van der Waals surface area contributed by atoms with E-state index < -0.39 is 0 Å². The average Bonchev–Trinajstić information content (AvgIpc) is 2.72. The van der Waals surface area contributed by atoms with Gasteiger partial charge in [0.1, 0.15) is 5.82 Å². The molecule has 6 heteroatoms. The number of nitrogens with zero attached hydrogens (tertiary/aromatic N) is 2. The second-order valence-corrected chi connectivity index (χ2v) is 8.83. The Morgan fingerprint density at radius 3 is 2.70 bits per heavy atom. The van der Waals surface area contributed by atoms with E-state index in [0.29, 0.717) is 11.8 Å². The lowest BCUT2D eigenvalue weighted by Crippen LogP contribution is -2.48. The van der Waals surface area contributed by atoms with Crippen LogP contribution < -0.4 is 5.32 Å². The third-order valence-electron chi connectivity index (χ3n) is 5.67. The lowest BCUT2D eigenvalue weighted by Gasteiger charge is -2.38. The molecule has 1 aromatic carbocycles. The van der Waals surface area contributed by atoms with E-state index in [2.05, 4.69) is 35.8 Å². The smallest absolute Gasteiger partial charge is 0.194 e. The van der Waals surface area contributed by atoms with Crippen LogP contribution in [-0.2, 0) is 10.2 Å². The molecule has 2 heterocycles. The van der Waals surface area contributed by atoms with Crippen molar-refractivity contribution >= 4 is 17.7 Å². The first-order valence-electron chi connectivity index (χ1n) is 10.2. The molecule has 0 spiro atoms. The first kappa shape index (κ1) is 20.5. The summed E-state index contributed by atoms with van der Waals surface area (Å²) in [5.74, 6) is 1.98. The summed E-state index contributed by atoms with van der Waals surface area (Å²) in [4.78, 5) is 7.48. The highest BCUT2D eigenvalue weighted by atomic mass is 32.2. The second kappa shape index (κ2) is 9.78. The number of rotatable bonds is 5. The van der Waals surface area contributed by atoms with E-state index in [0.717, 1.165) is 57.4 Å². The van der Waals surface area contributed by atoms with Gasteiger partial charge in [0, 0.05) is 49.3 Å². The minimum Gasteiger partial charge on any atom is -0.381 e. The predicted molar refractivity (Wildman–Crippen MR) is 112 cm³/mol. The number of thioether (sulfide) groups is 1. The van der Waals surface area contributed by atoms with Crippen molar-refractivity contribution < 1.29 is 9.13 Å². The Hall–Kier alpha value is -1.27. The Balaban J connectivity index is 1.81. The molecule has 2 aliphatic rings. The number of ether oxygens (including phenoxy) is 1. The maximum absolute atomic E-state index is 13.4. The zero-order valence-electron chi connectivity index (χ0n) is 16.5. The van der Waals surface area contributed by atoms with E-state index in [1.807, 2.05) is 12.1 Å². The fourth-order valence-corrected chi connectivity index (χ4v) is 5.09. The van der Waals surface area contributed by atoms with Crippen LogP contribution in [0.2, 0.25) is 0 Å². The quantitative estimate of drug-likeness (QED) is 0.612. The molecule has 1 N–H and O–H groups in total. The highest BCUT2D eigenvalue weighted by Gasteiger charge is 2.35. The van der Waals surface area contributed by atoms with E-state index in [9.17, 15) is 4.39 Å². The van der Waals surface area contributed by atoms with Gasteiger partial charge in [-0.3, -0.25) is 4.99 Å². The number of aliphatic imine (C=N–C) groups is 1. The molecule has 0 saturated carbocycles. The highest BCUT2D eigenvalue weighted by molar-refractivity contribution is 8.00. The predicted octanol–water partition coefficient (Wildman–Crippen LogP) is 3.67. The van der Waals surface area contributed by atoms with Gasteiger partial charge >= 0.3 is 0 Å². The van der Waals surface area contributed by atoms with Crippen LogP contribution >= 0.6 is 11.8 Å². The number of halogens is 1. The van der Waals surface area contributed by atoms with Gasteiger partial charge in [-0.25, -0.2) is 4.39 Å². The first-order chi connectivity index (χ1) is 13.2. The summed E-state index contributed by atoms with van der Waals surface area (Å²) in [6, 6.07) is 6.98. The van der Waals surface area contributed by atoms with Gasteiger partial charge in [-0.05, 0) is 43.9 Å². The molecular formula is C21H32FN3OS. The molecule has 0 bridgehead atoms. The van der Waals surface area contributed by atoms with Crippen LogP contribution in [0.3, 0.4) is 0 Å². The van der Waals surface area contributed by atoms with Crippen molar-refractivity contribution in [1.29, 1.82) is 0 Å². The van der Waals surface area contributed by atoms with Gasteiger partial charge in [0.2, 0.25) is 0 Å². The zero-order valence-corrected chi connectivity index (χ0v) is 17.4. The third kappa shape index (κ3) is 5.17. The standard InChI is InChI=1S/C21H32FN3OS/c1-3-19-15-25(11-14-27-19)20(23-4-2)24-16-21(9-12-26-13-10-21)17-5-7-18(22)8-6-17/h5-8,19H,3-4,9-16H2,1-2H3,(H,23,24). The summed E-state index contributed by atoms with van der Waals surface area (Å²) in [6.07, 6.45) is 3.04. The van der Waals surface area contributed by atoms with Gasteiger partial charge < -0.3 is 15.0 Å². The van der Waals surface area contributed by atoms with Crippen LogP contribution in [0.15, 0.2) is 29.3 Å². The molecule has 0 aromatic heterocycles. The lowest BCUT2D eigenvalue weighted by atomic mass is 9.74. The minimum absolute atomic E-state index is 0.0681. The van der Waals surface area contributed by atoms with Gasteiger partial charge in [0.15, 0.2) is 5.96 Å². The molecule has 2 fully saturated rings. The second-order valence-electron chi connectivity index (χ2n) is 7.42. The van der Waals surface area contributed by atoms with E-state index in [4.69, 9.17) is 9.73 Å². The van der Waals surface area contributed by atoms with E-state index in [-0.39, 0.29) is 11.2 Å². The maximum Gasteiger partial charge on any atom is 0.194 e. The van der Waals surface area contributed by atoms with Gasteiger partial charge in [-0.2, -0.15) is 11.8 Å². The molecule has 27 heavy (non-hydrogen) atoms. The molecule has 2 aliphatic heterocycles. The van der Waals surface area contributed by atoms with Crippen LogP contribution in [0, 0.1) is 5.82 Å². The Morgan fingerprint density at radius 1 is 1.30 bits per heavy atom. The summed E-state index contributed by atoms with van der Waals surface area (Å²) in [6.45, 7) is 9.53.